The molecule has 0 aliphatic rings. The molecule has 0 aliphatic heterocycles. The van der Waals surface area contributed by atoms with Gasteiger partial charge in [0.15, 0.2) is 0 Å². The summed E-state index contributed by atoms with van der Waals surface area (Å²) in [5, 5.41) is 0. The molecule has 78 valence electrons. The van der Waals surface area contributed by atoms with Gasteiger partial charge in [0.1, 0.15) is 0 Å². The fourth-order valence-corrected chi connectivity index (χ4v) is 1.39. The van der Waals surface area contributed by atoms with E-state index >= 15 is 0 Å². The van der Waals surface area contributed by atoms with E-state index < -0.39 is 8.53 Å². The maximum absolute atomic E-state index is 5.56. The highest BCUT2D eigenvalue weighted by Gasteiger charge is 2.02. The molecule has 0 amide bonds. The van der Waals surface area contributed by atoms with Crippen LogP contribution in [0.2, 0.25) is 0 Å². The predicted molar refractivity (Wildman–Crippen MR) is 59.1 cm³/mol. The topological polar surface area (TPSA) is 44.5 Å². The highest BCUT2D eigenvalue weighted by molar-refractivity contribution is 7.44. The molecule has 0 bridgehead atoms. The molecule has 0 unspecified atom stereocenters. The van der Waals surface area contributed by atoms with Crippen molar-refractivity contribution in [3.63, 3.8) is 0 Å². The molecule has 0 aliphatic carbocycles. The molecule has 0 fully saturated rings. The summed E-state index contributed by atoms with van der Waals surface area (Å²) in [5.74, 6) is 5.05. The van der Waals surface area contributed by atoms with Crippen molar-refractivity contribution in [3.05, 3.63) is 0 Å². The van der Waals surface area contributed by atoms with Crippen LogP contribution >= 0.6 is 8.53 Å². The summed E-state index contributed by atoms with van der Waals surface area (Å²) >= 11 is 0. The highest BCUT2D eigenvalue weighted by atomic mass is 31.2. The van der Waals surface area contributed by atoms with Crippen LogP contribution in [0.15, 0.2) is 0 Å². The first-order chi connectivity index (χ1) is 6.81. The monoisotopic (exact) mass is 213 g/mol. The van der Waals surface area contributed by atoms with Crippen molar-refractivity contribution >= 4 is 8.53 Å². The molecule has 4 heteroatoms. The maximum atomic E-state index is 5.56. The molecule has 2 N–H and O–H groups in total. The zero-order valence-electron chi connectivity index (χ0n) is 8.24. The van der Waals surface area contributed by atoms with E-state index in [0.717, 1.165) is 12.8 Å². The highest BCUT2D eigenvalue weighted by Crippen LogP contribution is 2.28. The minimum absolute atomic E-state index is 0.557. The molecule has 0 aromatic heterocycles. The Morgan fingerprint density at radius 2 is 1.43 bits per heavy atom. The van der Waals surface area contributed by atoms with E-state index in [1.807, 2.05) is 0 Å². The number of hydrogen-bond acceptors (Lipinski definition) is 3. The molecule has 0 spiro atoms. The third-order valence-corrected chi connectivity index (χ3v) is 2.24. The van der Waals surface area contributed by atoms with Crippen LogP contribution in [0.5, 0.6) is 0 Å². The normalized spacial score (nSPS) is 9.71. The average Bonchev–Trinajstić information content (AvgIpc) is 2.19. The van der Waals surface area contributed by atoms with E-state index in [1.54, 1.807) is 0 Å². The lowest BCUT2D eigenvalue weighted by Crippen LogP contribution is -2.01. The van der Waals surface area contributed by atoms with E-state index in [1.165, 1.54) is 0 Å². The van der Waals surface area contributed by atoms with Gasteiger partial charge in [-0.2, -0.15) is 0 Å². The van der Waals surface area contributed by atoms with Crippen LogP contribution in [-0.4, -0.2) is 13.2 Å². The molecule has 14 heavy (non-hydrogen) atoms. The number of unbranched alkanes of at least 4 members (excludes halogenated alkanes) is 2. The van der Waals surface area contributed by atoms with Gasteiger partial charge in [-0.3, -0.25) is 5.50 Å². The van der Waals surface area contributed by atoms with Crippen molar-refractivity contribution in [2.45, 2.75) is 25.7 Å². The van der Waals surface area contributed by atoms with Gasteiger partial charge in [-0.1, -0.05) is 0 Å². The van der Waals surface area contributed by atoms with Crippen molar-refractivity contribution < 1.29 is 9.05 Å². The SMILES string of the molecule is C#CCCCOP(N)OCCCC#C. The summed E-state index contributed by atoms with van der Waals surface area (Å²) in [5.41, 5.74) is 5.56. The second kappa shape index (κ2) is 10.5. The Morgan fingerprint density at radius 1 is 1.00 bits per heavy atom. The van der Waals surface area contributed by atoms with Crippen LogP contribution in [0.4, 0.5) is 0 Å². The Labute approximate surface area is 87.3 Å². The van der Waals surface area contributed by atoms with Crippen LogP contribution in [-0.2, 0) is 9.05 Å². The zero-order chi connectivity index (χ0) is 10.6. The van der Waals surface area contributed by atoms with Gasteiger partial charge in [-0.15, -0.1) is 24.7 Å². The van der Waals surface area contributed by atoms with E-state index in [2.05, 4.69) is 11.8 Å². The number of nitrogens with two attached hydrogens (primary N) is 1. The van der Waals surface area contributed by atoms with Crippen LogP contribution in [0.25, 0.3) is 0 Å². The molecule has 0 saturated heterocycles. The molecule has 0 rings (SSSR count). The Balaban J connectivity index is 3.16. The number of terminal acetylenes is 2. The summed E-state index contributed by atoms with van der Waals surface area (Å²) in [4.78, 5) is 0. The van der Waals surface area contributed by atoms with Crippen LogP contribution in [0.3, 0.4) is 0 Å². The van der Waals surface area contributed by atoms with Gasteiger partial charge in [0.2, 0.25) is 0 Å². The predicted octanol–water partition coefficient (Wildman–Crippen LogP) is 2.03. The summed E-state index contributed by atoms with van der Waals surface area (Å²) in [6.07, 6.45) is 13.2. The van der Waals surface area contributed by atoms with Crippen molar-refractivity contribution in [1.82, 2.24) is 0 Å². The van der Waals surface area contributed by atoms with Crippen molar-refractivity contribution in [2.75, 3.05) is 13.2 Å². The second-order valence-electron chi connectivity index (χ2n) is 2.57. The molecule has 3 nitrogen and oxygen atoms in total. The Bertz CT molecular complexity index is 185. The first kappa shape index (κ1) is 13.4. The molecule has 0 heterocycles. The van der Waals surface area contributed by atoms with Crippen LogP contribution in [0.1, 0.15) is 25.7 Å². The molecule has 0 saturated carbocycles. The van der Waals surface area contributed by atoms with Gasteiger partial charge in [0, 0.05) is 12.8 Å². The summed E-state index contributed by atoms with van der Waals surface area (Å²) in [6.45, 7) is 1.11. The van der Waals surface area contributed by atoms with Crippen LogP contribution < -0.4 is 5.50 Å². The lowest BCUT2D eigenvalue weighted by molar-refractivity contribution is 0.246. The molecule has 0 atom stereocenters. The van der Waals surface area contributed by atoms with Crippen molar-refractivity contribution in [1.29, 1.82) is 0 Å². The van der Waals surface area contributed by atoms with Crippen molar-refractivity contribution in [2.24, 2.45) is 5.50 Å². The quantitative estimate of drug-likeness (QED) is 0.381. The second-order valence-corrected chi connectivity index (χ2v) is 3.65. The van der Waals surface area contributed by atoms with E-state index in [4.69, 9.17) is 27.4 Å². The van der Waals surface area contributed by atoms with E-state index in [9.17, 15) is 0 Å². The van der Waals surface area contributed by atoms with Crippen LogP contribution in [0, 0.1) is 24.7 Å². The number of rotatable bonds is 8. The average molecular weight is 213 g/mol. The first-order valence-electron chi connectivity index (χ1n) is 4.49. The largest absolute Gasteiger partial charge is 0.322 e. The van der Waals surface area contributed by atoms with Crippen molar-refractivity contribution in [3.8, 4) is 24.7 Å². The Kier molecular flexibility index (Phi) is 10.1. The summed E-state index contributed by atoms with van der Waals surface area (Å²) < 4.78 is 10.4. The van der Waals surface area contributed by atoms with Gasteiger partial charge in [0.25, 0.3) is 8.53 Å². The standard InChI is InChI=1S/C10H16NO2P/c1-3-5-7-9-12-14(11)13-10-8-6-4-2/h1-2H,5-11H2. The summed E-state index contributed by atoms with van der Waals surface area (Å²) in [6, 6.07) is 0. The zero-order valence-corrected chi connectivity index (χ0v) is 9.13. The Hall–Kier alpha value is -0.570. The van der Waals surface area contributed by atoms with E-state index in [-0.39, 0.29) is 0 Å². The van der Waals surface area contributed by atoms with E-state index in [0.29, 0.717) is 26.1 Å². The fourth-order valence-electron chi connectivity index (χ4n) is 0.695. The van der Waals surface area contributed by atoms with Gasteiger partial charge in [0.05, 0.1) is 13.2 Å². The van der Waals surface area contributed by atoms with Gasteiger partial charge < -0.3 is 9.05 Å². The van der Waals surface area contributed by atoms with Gasteiger partial charge in [-0.25, -0.2) is 0 Å². The first-order valence-corrected chi connectivity index (χ1v) is 5.73. The summed E-state index contributed by atoms with van der Waals surface area (Å²) in [7, 11) is -1.25. The lowest BCUT2D eigenvalue weighted by atomic mass is 10.3. The van der Waals surface area contributed by atoms with Gasteiger partial charge in [-0.05, 0) is 12.8 Å². The third-order valence-electron chi connectivity index (χ3n) is 1.37. The minimum atomic E-state index is -1.25. The Morgan fingerprint density at radius 3 is 1.79 bits per heavy atom. The fraction of sp³-hybridized carbons (Fsp3) is 0.600. The molecule has 0 radical (unpaired) electrons. The molecular weight excluding hydrogens is 197 g/mol. The lowest BCUT2D eigenvalue weighted by Gasteiger charge is -2.10. The smallest absolute Gasteiger partial charge is 0.252 e. The number of hydrogen-bond donors (Lipinski definition) is 1. The molecule has 0 aromatic rings. The third kappa shape index (κ3) is 9.52. The minimum Gasteiger partial charge on any atom is -0.322 e. The molecular formula is C10H16NO2P. The maximum Gasteiger partial charge on any atom is 0.252 e. The molecule has 0 aromatic carbocycles. The van der Waals surface area contributed by atoms with Gasteiger partial charge >= 0.3 is 0 Å².